The Labute approximate surface area is 162 Å². The molecule has 2 N–H and O–H groups in total. The van der Waals surface area contributed by atoms with Gasteiger partial charge < -0.3 is 15.5 Å². The van der Waals surface area contributed by atoms with Crippen LogP contribution < -0.4 is 10.6 Å². The number of hydrogen-bond acceptors (Lipinski definition) is 3. The van der Waals surface area contributed by atoms with Crippen LogP contribution in [0.2, 0.25) is 0 Å². The molecule has 1 amide bonds. The summed E-state index contributed by atoms with van der Waals surface area (Å²) in [6.45, 7) is 1.03. The normalized spacial score (nSPS) is 20.5. The quantitative estimate of drug-likeness (QED) is 0.436. The molecule has 1 aliphatic carbocycles. The van der Waals surface area contributed by atoms with Crippen LogP contribution in [-0.4, -0.2) is 62.0 Å². The zero-order chi connectivity index (χ0) is 18.8. The van der Waals surface area contributed by atoms with Crippen LogP contribution in [0.25, 0.3) is 0 Å². The number of amides is 1. The van der Waals surface area contributed by atoms with Crippen LogP contribution in [0.1, 0.15) is 37.2 Å². The average Bonchev–Trinajstić information content (AvgIpc) is 2.67. The van der Waals surface area contributed by atoms with Crippen LogP contribution in [-0.2, 0) is 4.79 Å². The Morgan fingerprint density at radius 3 is 2.50 bits per heavy atom. The van der Waals surface area contributed by atoms with Crippen LogP contribution in [0.15, 0.2) is 35.3 Å². The van der Waals surface area contributed by atoms with Crippen molar-refractivity contribution in [1.29, 1.82) is 0 Å². The molecule has 26 heavy (non-hydrogen) atoms. The van der Waals surface area contributed by atoms with E-state index in [4.69, 9.17) is 0 Å². The minimum absolute atomic E-state index is 0.0174. The molecule has 0 saturated heterocycles. The Bertz CT molecular complexity index is 568. The van der Waals surface area contributed by atoms with Gasteiger partial charge in [-0.2, -0.15) is 11.8 Å². The van der Waals surface area contributed by atoms with Gasteiger partial charge in [-0.15, -0.1) is 0 Å². The van der Waals surface area contributed by atoms with Gasteiger partial charge in [0.2, 0.25) is 5.91 Å². The van der Waals surface area contributed by atoms with Gasteiger partial charge in [0.05, 0.1) is 0 Å². The summed E-state index contributed by atoms with van der Waals surface area (Å²) < 4.78 is 0. The molecule has 0 unspecified atom stereocenters. The average molecular weight is 377 g/mol. The first kappa shape index (κ1) is 20.6. The molecule has 5 nitrogen and oxygen atoms in total. The Kier molecular flexibility index (Phi) is 8.81. The number of benzene rings is 1. The molecule has 1 saturated carbocycles. The monoisotopic (exact) mass is 376 g/mol. The number of carbonyl (C=O) groups is 1. The summed E-state index contributed by atoms with van der Waals surface area (Å²) in [5, 5.41) is 6.89. The maximum Gasteiger partial charge on any atom is 0.243 e. The fourth-order valence-electron chi connectivity index (χ4n) is 3.20. The van der Waals surface area contributed by atoms with E-state index in [0.29, 0.717) is 12.0 Å². The Morgan fingerprint density at radius 1 is 1.19 bits per heavy atom. The molecule has 6 heteroatoms. The Balaban J connectivity index is 1.87. The summed E-state index contributed by atoms with van der Waals surface area (Å²) in [4.78, 5) is 17.9. The SMILES string of the molecule is CSCCNC(=NCC(=O)N(C)C)NC1CCC(c2ccccc2)CC1. The Morgan fingerprint density at radius 2 is 1.88 bits per heavy atom. The summed E-state index contributed by atoms with van der Waals surface area (Å²) in [5.41, 5.74) is 1.45. The lowest BCUT2D eigenvalue weighted by Gasteiger charge is -2.30. The third-order valence-electron chi connectivity index (χ3n) is 4.81. The van der Waals surface area contributed by atoms with Gasteiger partial charge in [0.1, 0.15) is 6.54 Å². The largest absolute Gasteiger partial charge is 0.356 e. The van der Waals surface area contributed by atoms with Crippen molar-refractivity contribution in [1.82, 2.24) is 15.5 Å². The summed E-state index contributed by atoms with van der Waals surface area (Å²) in [5.74, 6) is 2.46. The molecule has 0 atom stereocenters. The lowest BCUT2D eigenvalue weighted by atomic mass is 9.82. The van der Waals surface area contributed by atoms with Crippen LogP contribution in [0.4, 0.5) is 0 Å². The van der Waals surface area contributed by atoms with Gasteiger partial charge in [-0.25, -0.2) is 4.99 Å². The van der Waals surface area contributed by atoms with Crippen molar-refractivity contribution in [3.05, 3.63) is 35.9 Å². The fourth-order valence-corrected chi connectivity index (χ4v) is 3.51. The number of nitrogens with zero attached hydrogens (tertiary/aromatic N) is 2. The topological polar surface area (TPSA) is 56.7 Å². The highest BCUT2D eigenvalue weighted by Gasteiger charge is 2.23. The van der Waals surface area contributed by atoms with Crippen molar-refractivity contribution in [2.75, 3.05) is 39.2 Å². The molecule has 0 spiro atoms. The highest BCUT2D eigenvalue weighted by molar-refractivity contribution is 7.98. The molecule has 1 aliphatic rings. The Hall–Kier alpha value is -1.69. The lowest BCUT2D eigenvalue weighted by Crippen LogP contribution is -2.45. The molecule has 1 aromatic rings. The van der Waals surface area contributed by atoms with Crippen molar-refractivity contribution >= 4 is 23.6 Å². The van der Waals surface area contributed by atoms with E-state index < -0.39 is 0 Å². The second-order valence-corrected chi connectivity index (χ2v) is 7.96. The standard InChI is InChI=1S/C20H32N4OS/c1-24(2)19(25)15-22-20(21-13-14-26-3)23-18-11-9-17(10-12-18)16-7-5-4-6-8-16/h4-8,17-18H,9-15H2,1-3H3,(H2,21,22,23). The van der Waals surface area contributed by atoms with Gasteiger partial charge in [0.25, 0.3) is 0 Å². The fraction of sp³-hybridized carbons (Fsp3) is 0.600. The van der Waals surface area contributed by atoms with Gasteiger partial charge in [-0.05, 0) is 43.4 Å². The summed E-state index contributed by atoms with van der Waals surface area (Å²) in [6.07, 6.45) is 6.73. The number of carbonyl (C=O) groups excluding carboxylic acids is 1. The number of aliphatic imine (C=N–C) groups is 1. The van der Waals surface area contributed by atoms with Crippen LogP contribution >= 0.6 is 11.8 Å². The molecular formula is C20H32N4OS. The number of hydrogen-bond donors (Lipinski definition) is 2. The highest BCUT2D eigenvalue weighted by atomic mass is 32.2. The van der Waals surface area contributed by atoms with Crippen molar-refractivity contribution in [3.8, 4) is 0 Å². The zero-order valence-electron chi connectivity index (χ0n) is 16.2. The predicted octanol–water partition coefficient (Wildman–Crippen LogP) is 2.70. The van der Waals surface area contributed by atoms with Gasteiger partial charge in [0, 0.05) is 32.4 Å². The van der Waals surface area contributed by atoms with Gasteiger partial charge in [0.15, 0.2) is 5.96 Å². The predicted molar refractivity (Wildman–Crippen MR) is 112 cm³/mol. The van der Waals surface area contributed by atoms with Crippen molar-refractivity contribution < 1.29 is 4.79 Å². The number of likely N-dealkylation sites (N-methyl/N-ethyl adjacent to an activating group) is 1. The third kappa shape index (κ3) is 6.90. The zero-order valence-corrected chi connectivity index (χ0v) is 17.0. The maximum absolute atomic E-state index is 11.8. The highest BCUT2D eigenvalue weighted by Crippen LogP contribution is 2.32. The van der Waals surface area contributed by atoms with E-state index in [-0.39, 0.29) is 12.5 Å². The molecule has 0 radical (unpaired) electrons. The minimum Gasteiger partial charge on any atom is -0.356 e. The second kappa shape index (κ2) is 11.1. The number of guanidine groups is 1. The summed E-state index contributed by atoms with van der Waals surface area (Å²) in [6, 6.07) is 11.2. The van der Waals surface area contributed by atoms with E-state index in [2.05, 4.69) is 52.2 Å². The van der Waals surface area contributed by atoms with E-state index in [1.807, 2.05) is 0 Å². The molecule has 1 aromatic carbocycles. The lowest BCUT2D eigenvalue weighted by molar-refractivity contribution is -0.127. The van der Waals surface area contributed by atoms with E-state index in [9.17, 15) is 4.79 Å². The van der Waals surface area contributed by atoms with Crippen LogP contribution in [0.5, 0.6) is 0 Å². The molecule has 0 heterocycles. The second-order valence-electron chi connectivity index (χ2n) is 6.98. The van der Waals surface area contributed by atoms with E-state index in [1.54, 1.807) is 30.8 Å². The van der Waals surface area contributed by atoms with Crippen LogP contribution in [0.3, 0.4) is 0 Å². The number of thioether (sulfide) groups is 1. The summed E-state index contributed by atoms with van der Waals surface area (Å²) >= 11 is 1.80. The van der Waals surface area contributed by atoms with Crippen LogP contribution in [0, 0.1) is 0 Å². The first-order valence-corrected chi connectivity index (χ1v) is 10.8. The molecule has 144 valence electrons. The number of rotatable bonds is 7. The smallest absolute Gasteiger partial charge is 0.243 e. The van der Waals surface area contributed by atoms with E-state index in [1.165, 1.54) is 18.4 Å². The molecule has 0 bridgehead atoms. The first-order chi connectivity index (χ1) is 12.6. The maximum atomic E-state index is 11.8. The molecule has 2 rings (SSSR count). The third-order valence-corrected chi connectivity index (χ3v) is 5.42. The van der Waals surface area contributed by atoms with E-state index >= 15 is 0 Å². The first-order valence-electron chi connectivity index (χ1n) is 9.39. The van der Waals surface area contributed by atoms with Crippen molar-refractivity contribution in [2.45, 2.75) is 37.6 Å². The molecule has 0 aromatic heterocycles. The van der Waals surface area contributed by atoms with Crippen molar-refractivity contribution in [2.24, 2.45) is 4.99 Å². The van der Waals surface area contributed by atoms with Gasteiger partial charge in [-0.1, -0.05) is 30.3 Å². The molecule has 1 fully saturated rings. The summed E-state index contributed by atoms with van der Waals surface area (Å²) in [7, 11) is 3.52. The van der Waals surface area contributed by atoms with Gasteiger partial charge >= 0.3 is 0 Å². The van der Waals surface area contributed by atoms with Crippen molar-refractivity contribution in [3.63, 3.8) is 0 Å². The molecular weight excluding hydrogens is 344 g/mol. The molecule has 0 aliphatic heterocycles. The van der Waals surface area contributed by atoms with Gasteiger partial charge in [-0.3, -0.25) is 4.79 Å². The number of nitrogens with one attached hydrogen (secondary N) is 2. The van der Waals surface area contributed by atoms with E-state index in [0.717, 1.165) is 31.1 Å². The minimum atomic E-state index is 0.0174.